The standard InChI is InChI=1S/C23H24BN3O3/c24-15-5-2-10-26(11-3-6-15)16-12-14-4-1-7-18-21(14)17(13-16)23(30)27(18)19-8-9-20(28)25-22(19)29/h1,4,7,12-13,15,19H,2-3,5-6,8-11H2,(H,25,28,29). The van der Waals surface area contributed by atoms with Crippen LogP contribution in [0.1, 0.15) is 48.9 Å². The van der Waals surface area contributed by atoms with Gasteiger partial charge >= 0.3 is 0 Å². The number of piperidine rings is 1. The Labute approximate surface area is 177 Å². The number of carbonyl (C=O) groups is 3. The molecule has 3 aliphatic rings. The van der Waals surface area contributed by atoms with Gasteiger partial charge in [0.15, 0.2) is 0 Å². The molecule has 1 unspecified atom stereocenters. The lowest BCUT2D eigenvalue weighted by molar-refractivity contribution is -0.134. The van der Waals surface area contributed by atoms with Crippen LogP contribution in [0.3, 0.4) is 0 Å². The fraction of sp³-hybridized carbons (Fsp3) is 0.435. The summed E-state index contributed by atoms with van der Waals surface area (Å²) in [5, 5.41) is 4.27. The summed E-state index contributed by atoms with van der Waals surface area (Å²) >= 11 is 0. The first-order valence-corrected chi connectivity index (χ1v) is 10.8. The summed E-state index contributed by atoms with van der Waals surface area (Å²) in [4.78, 5) is 41.4. The van der Waals surface area contributed by atoms with Gasteiger partial charge in [-0.05, 0) is 42.8 Å². The number of anilines is 2. The first-order valence-electron chi connectivity index (χ1n) is 10.8. The maximum Gasteiger partial charge on any atom is 0.259 e. The van der Waals surface area contributed by atoms with Gasteiger partial charge in [0.1, 0.15) is 6.04 Å². The van der Waals surface area contributed by atoms with Gasteiger partial charge in [0.2, 0.25) is 11.8 Å². The second-order valence-electron chi connectivity index (χ2n) is 8.54. The molecule has 2 aromatic carbocycles. The highest BCUT2D eigenvalue weighted by Gasteiger charge is 2.40. The van der Waals surface area contributed by atoms with E-state index in [1.165, 1.54) is 0 Å². The van der Waals surface area contributed by atoms with E-state index < -0.39 is 11.9 Å². The Hall–Kier alpha value is -2.83. The maximum absolute atomic E-state index is 13.4. The van der Waals surface area contributed by atoms with Crippen molar-refractivity contribution < 1.29 is 14.4 Å². The summed E-state index contributed by atoms with van der Waals surface area (Å²) in [6, 6.07) is 9.30. The topological polar surface area (TPSA) is 69.7 Å². The van der Waals surface area contributed by atoms with E-state index in [1.807, 2.05) is 24.3 Å². The minimum atomic E-state index is -0.653. The normalized spacial score (nSPS) is 22.9. The number of carbonyl (C=O) groups excluding carboxylic acids is 3. The number of hydrogen-bond acceptors (Lipinski definition) is 4. The minimum Gasteiger partial charge on any atom is -0.372 e. The van der Waals surface area contributed by atoms with Crippen molar-refractivity contribution in [2.45, 2.75) is 50.4 Å². The number of rotatable bonds is 2. The van der Waals surface area contributed by atoms with Gasteiger partial charge in [-0.3, -0.25) is 24.6 Å². The number of nitrogens with one attached hydrogen (secondary N) is 1. The summed E-state index contributed by atoms with van der Waals surface area (Å²) in [5.41, 5.74) is 2.44. The molecule has 7 heteroatoms. The fourth-order valence-corrected chi connectivity index (χ4v) is 5.02. The van der Waals surface area contributed by atoms with Gasteiger partial charge in [-0.25, -0.2) is 0 Å². The SMILES string of the molecule is [B]C1CCCN(c2cc3c4c(cccc4c2)N(C2CCC(=O)NC2=O)C3=O)CCC1. The van der Waals surface area contributed by atoms with Gasteiger partial charge in [-0.1, -0.05) is 30.8 Å². The predicted molar refractivity (Wildman–Crippen MR) is 117 cm³/mol. The summed E-state index contributed by atoms with van der Waals surface area (Å²) in [7, 11) is 6.12. The van der Waals surface area contributed by atoms with E-state index in [0.29, 0.717) is 12.0 Å². The largest absolute Gasteiger partial charge is 0.372 e. The predicted octanol–water partition coefficient (Wildman–Crippen LogP) is 2.94. The van der Waals surface area contributed by atoms with Crippen molar-refractivity contribution in [1.82, 2.24) is 5.32 Å². The highest BCUT2D eigenvalue weighted by atomic mass is 16.2. The Kier molecular flexibility index (Phi) is 4.76. The Bertz CT molecular complexity index is 1040. The van der Waals surface area contributed by atoms with Gasteiger partial charge < -0.3 is 4.90 Å². The molecule has 1 N–H and O–H groups in total. The van der Waals surface area contributed by atoms with Crippen molar-refractivity contribution in [3.63, 3.8) is 0 Å². The molecular formula is C23H24BN3O3. The molecule has 0 aliphatic carbocycles. The van der Waals surface area contributed by atoms with E-state index in [9.17, 15) is 14.4 Å². The van der Waals surface area contributed by atoms with Gasteiger partial charge in [-0.15, -0.1) is 0 Å². The number of hydrogen-bond donors (Lipinski definition) is 1. The molecule has 3 amide bonds. The van der Waals surface area contributed by atoms with E-state index in [4.69, 9.17) is 7.85 Å². The number of nitrogens with zero attached hydrogens (tertiary/aromatic N) is 2. The summed E-state index contributed by atoms with van der Waals surface area (Å²) < 4.78 is 0. The lowest BCUT2D eigenvalue weighted by Crippen LogP contribution is -2.53. The van der Waals surface area contributed by atoms with Gasteiger partial charge in [0.25, 0.3) is 5.91 Å². The molecule has 30 heavy (non-hydrogen) atoms. The maximum atomic E-state index is 13.4. The molecule has 6 nitrogen and oxygen atoms in total. The van der Waals surface area contributed by atoms with Crippen molar-refractivity contribution in [3.05, 3.63) is 35.9 Å². The van der Waals surface area contributed by atoms with Gasteiger partial charge in [-0.2, -0.15) is 0 Å². The monoisotopic (exact) mass is 401 g/mol. The molecule has 2 fully saturated rings. The second-order valence-corrected chi connectivity index (χ2v) is 8.54. The first-order chi connectivity index (χ1) is 14.5. The molecule has 3 heterocycles. The zero-order valence-corrected chi connectivity index (χ0v) is 16.9. The highest BCUT2D eigenvalue weighted by molar-refractivity contribution is 6.27. The van der Waals surface area contributed by atoms with E-state index in [-0.39, 0.29) is 24.1 Å². The van der Waals surface area contributed by atoms with Crippen LogP contribution in [0, 0.1) is 0 Å². The molecule has 2 saturated heterocycles. The van der Waals surface area contributed by atoms with E-state index in [0.717, 1.165) is 60.9 Å². The van der Waals surface area contributed by atoms with Crippen LogP contribution < -0.4 is 15.1 Å². The van der Waals surface area contributed by atoms with Crippen molar-refractivity contribution in [2.75, 3.05) is 22.9 Å². The van der Waals surface area contributed by atoms with Crippen LogP contribution in [0.25, 0.3) is 10.8 Å². The lowest BCUT2D eigenvalue weighted by Gasteiger charge is -2.30. The lowest BCUT2D eigenvalue weighted by atomic mass is 9.79. The van der Waals surface area contributed by atoms with Crippen molar-refractivity contribution in [3.8, 4) is 0 Å². The molecule has 0 aromatic heterocycles. The molecule has 1 atom stereocenters. The zero-order valence-electron chi connectivity index (χ0n) is 16.9. The second kappa shape index (κ2) is 7.45. The van der Waals surface area contributed by atoms with Crippen molar-refractivity contribution >= 4 is 47.7 Å². The van der Waals surface area contributed by atoms with Crippen LogP contribution in [0.5, 0.6) is 0 Å². The average molecular weight is 401 g/mol. The Morgan fingerprint density at radius 2 is 1.77 bits per heavy atom. The van der Waals surface area contributed by atoms with Crippen LogP contribution in [-0.2, 0) is 9.59 Å². The number of amides is 3. The van der Waals surface area contributed by atoms with Gasteiger partial charge in [0.05, 0.1) is 19.1 Å². The van der Waals surface area contributed by atoms with Crippen LogP contribution in [0.15, 0.2) is 30.3 Å². The first kappa shape index (κ1) is 19.2. The molecule has 2 radical (unpaired) electrons. The minimum absolute atomic E-state index is 0.161. The molecule has 0 bridgehead atoms. The quantitative estimate of drug-likeness (QED) is 0.621. The summed E-state index contributed by atoms with van der Waals surface area (Å²) in [6.07, 6.45) is 4.69. The molecule has 152 valence electrons. The van der Waals surface area contributed by atoms with E-state index in [2.05, 4.69) is 16.3 Å². The Balaban J connectivity index is 1.52. The Morgan fingerprint density at radius 1 is 1.00 bits per heavy atom. The molecule has 0 saturated carbocycles. The molecule has 2 aromatic rings. The third-order valence-corrected chi connectivity index (χ3v) is 6.54. The van der Waals surface area contributed by atoms with Crippen molar-refractivity contribution in [2.24, 2.45) is 0 Å². The zero-order chi connectivity index (χ0) is 20.8. The summed E-state index contributed by atoms with van der Waals surface area (Å²) in [5.74, 6) is -0.554. The van der Waals surface area contributed by atoms with Gasteiger partial charge in [0, 0.05) is 30.6 Å². The third kappa shape index (κ3) is 3.17. The third-order valence-electron chi connectivity index (χ3n) is 6.54. The smallest absolute Gasteiger partial charge is 0.259 e. The average Bonchev–Trinajstić information content (AvgIpc) is 2.98. The van der Waals surface area contributed by atoms with Crippen molar-refractivity contribution in [1.29, 1.82) is 0 Å². The van der Waals surface area contributed by atoms with Crippen LogP contribution in [0.2, 0.25) is 5.82 Å². The highest BCUT2D eigenvalue weighted by Crippen LogP contribution is 2.42. The number of benzene rings is 2. The summed E-state index contributed by atoms with van der Waals surface area (Å²) in [6.45, 7) is 1.84. The molecular weight excluding hydrogens is 377 g/mol. The van der Waals surface area contributed by atoms with Crippen LogP contribution >= 0.6 is 0 Å². The molecule has 3 aliphatic heterocycles. The molecule has 5 rings (SSSR count). The number of imide groups is 1. The van der Waals surface area contributed by atoms with Crippen LogP contribution in [0.4, 0.5) is 11.4 Å². The van der Waals surface area contributed by atoms with E-state index >= 15 is 0 Å². The fourth-order valence-electron chi connectivity index (χ4n) is 5.02. The van der Waals surface area contributed by atoms with Crippen LogP contribution in [-0.4, -0.2) is 44.7 Å². The Morgan fingerprint density at radius 3 is 2.50 bits per heavy atom. The molecule has 0 spiro atoms. The van der Waals surface area contributed by atoms with E-state index in [1.54, 1.807) is 4.90 Å².